The molecule has 0 saturated carbocycles. The van der Waals surface area contributed by atoms with Crippen LogP contribution in [0.3, 0.4) is 0 Å². The van der Waals surface area contributed by atoms with E-state index >= 15 is 0 Å². The van der Waals surface area contributed by atoms with Gasteiger partial charge in [0.1, 0.15) is 5.75 Å². The lowest BCUT2D eigenvalue weighted by Crippen LogP contribution is -2.27. The quantitative estimate of drug-likeness (QED) is 0.803. The molecule has 3 N–H and O–H groups in total. The number of nitrogen functional groups attached to an aromatic ring is 1. The first-order valence-electron chi connectivity index (χ1n) is 7.07. The molecule has 0 amide bonds. The van der Waals surface area contributed by atoms with E-state index in [1.807, 2.05) is 32.0 Å². The molecule has 1 heterocycles. The normalized spacial score (nSPS) is 19.4. The average Bonchev–Trinajstić information content (AvgIpc) is 2.40. The number of nitrogens with two attached hydrogens (primary N) is 1. The zero-order valence-corrected chi connectivity index (χ0v) is 11.8. The summed E-state index contributed by atoms with van der Waals surface area (Å²) < 4.78 is 11.4. The molecule has 1 aliphatic rings. The van der Waals surface area contributed by atoms with E-state index < -0.39 is 0 Å². The summed E-state index contributed by atoms with van der Waals surface area (Å²) in [6.45, 7) is 5.67. The smallest absolute Gasteiger partial charge is 0.144 e. The van der Waals surface area contributed by atoms with Gasteiger partial charge in [0.05, 0.1) is 23.6 Å². The Morgan fingerprint density at radius 2 is 2.26 bits per heavy atom. The van der Waals surface area contributed by atoms with Crippen LogP contribution in [0.4, 0.5) is 11.4 Å². The van der Waals surface area contributed by atoms with Gasteiger partial charge in [0.15, 0.2) is 0 Å². The van der Waals surface area contributed by atoms with E-state index in [-0.39, 0.29) is 6.10 Å². The van der Waals surface area contributed by atoms with Crippen molar-refractivity contribution in [1.29, 1.82) is 0 Å². The molecule has 0 aromatic heterocycles. The second-order valence-corrected chi connectivity index (χ2v) is 5.25. The predicted molar refractivity (Wildman–Crippen MR) is 78.7 cm³/mol. The Labute approximate surface area is 115 Å². The number of anilines is 2. The second-order valence-electron chi connectivity index (χ2n) is 5.25. The SMILES string of the molecule is CC(C)Oc1cccc(NCC2CCCCO2)c1N. The van der Waals surface area contributed by atoms with Crippen LogP contribution in [0.1, 0.15) is 33.1 Å². The van der Waals surface area contributed by atoms with Gasteiger partial charge in [0.2, 0.25) is 0 Å². The monoisotopic (exact) mass is 264 g/mol. The van der Waals surface area contributed by atoms with E-state index in [1.54, 1.807) is 0 Å². The van der Waals surface area contributed by atoms with Crippen LogP contribution >= 0.6 is 0 Å². The van der Waals surface area contributed by atoms with Crippen molar-refractivity contribution in [2.45, 2.75) is 45.3 Å². The fourth-order valence-corrected chi connectivity index (χ4v) is 2.25. The van der Waals surface area contributed by atoms with Gasteiger partial charge in [-0.25, -0.2) is 0 Å². The molecular weight excluding hydrogens is 240 g/mol. The van der Waals surface area contributed by atoms with E-state index in [0.29, 0.717) is 11.8 Å². The predicted octanol–water partition coefficient (Wildman–Crippen LogP) is 3.04. The van der Waals surface area contributed by atoms with Gasteiger partial charge in [0, 0.05) is 13.2 Å². The van der Waals surface area contributed by atoms with Crippen LogP contribution in [0.25, 0.3) is 0 Å². The molecule has 4 heteroatoms. The molecule has 1 aromatic carbocycles. The van der Waals surface area contributed by atoms with Crippen molar-refractivity contribution in [1.82, 2.24) is 0 Å². The summed E-state index contributed by atoms with van der Waals surface area (Å²) in [5.74, 6) is 0.740. The molecule has 1 saturated heterocycles. The lowest BCUT2D eigenvalue weighted by molar-refractivity contribution is 0.0247. The summed E-state index contributed by atoms with van der Waals surface area (Å²) in [6, 6.07) is 5.83. The van der Waals surface area contributed by atoms with Crippen LogP contribution < -0.4 is 15.8 Å². The van der Waals surface area contributed by atoms with Gasteiger partial charge in [-0.05, 0) is 45.2 Å². The molecule has 106 valence electrons. The van der Waals surface area contributed by atoms with Crippen molar-refractivity contribution in [3.8, 4) is 5.75 Å². The number of ether oxygens (including phenoxy) is 2. The Bertz CT molecular complexity index is 401. The van der Waals surface area contributed by atoms with Gasteiger partial charge in [-0.2, -0.15) is 0 Å². The molecule has 0 spiro atoms. The van der Waals surface area contributed by atoms with Crippen LogP contribution in [0, 0.1) is 0 Å². The molecule has 0 radical (unpaired) electrons. The molecule has 2 rings (SSSR count). The summed E-state index contributed by atoms with van der Waals surface area (Å²) in [5.41, 5.74) is 7.72. The highest BCUT2D eigenvalue weighted by Gasteiger charge is 2.14. The molecule has 0 aliphatic carbocycles. The van der Waals surface area contributed by atoms with Crippen LogP contribution in [-0.2, 0) is 4.74 Å². The summed E-state index contributed by atoms with van der Waals surface area (Å²) in [5, 5.41) is 3.37. The molecular formula is C15H24N2O2. The van der Waals surface area contributed by atoms with Gasteiger partial charge >= 0.3 is 0 Å². The van der Waals surface area contributed by atoms with Gasteiger partial charge in [-0.15, -0.1) is 0 Å². The van der Waals surface area contributed by atoms with Crippen LogP contribution in [0.2, 0.25) is 0 Å². The molecule has 0 bridgehead atoms. The van der Waals surface area contributed by atoms with Crippen LogP contribution in [-0.4, -0.2) is 25.4 Å². The molecule has 1 fully saturated rings. The average molecular weight is 264 g/mol. The second kappa shape index (κ2) is 6.66. The van der Waals surface area contributed by atoms with E-state index in [0.717, 1.165) is 31.0 Å². The molecule has 19 heavy (non-hydrogen) atoms. The zero-order valence-electron chi connectivity index (χ0n) is 11.8. The van der Waals surface area contributed by atoms with Crippen molar-refractivity contribution in [3.05, 3.63) is 18.2 Å². The van der Waals surface area contributed by atoms with Crippen LogP contribution in [0.15, 0.2) is 18.2 Å². The Balaban J connectivity index is 1.95. The molecule has 1 unspecified atom stereocenters. The van der Waals surface area contributed by atoms with Crippen molar-refractivity contribution in [3.63, 3.8) is 0 Å². The first-order chi connectivity index (χ1) is 9.16. The Morgan fingerprint density at radius 1 is 1.42 bits per heavy atom. The maximum absolute atomic E-state index is 6.12. The fourth-order valence-electron chi connectivity index (χ4n) is 2.25. The number of hydrogen-bond donors (Lipinski definition) is 2. The Hall–Kier alpha value is -1.42. The standard InChI is InChI=1S/C15H24N2O2/c1-11(2)19-14-8-5-7-13(15(14)16)17-10-12-6-3-4-9-18-12/h5,7-8,11-12,17H,3-4,6,9-10,16H2,1-2H3. The number of para-hydroxylation sites is 1. The summed E-state index contributed by atoms with van der Waals surface area (Å²) in [4.78, 5) is 0. The third kappa shape index (κ3) is 4.03. The van der Waals surface area contributed by atoms with Crippen molar-refractivity contribution in [2.75, 3.05) is 24.2 Å². The molecule has 1 atom stereocenters. The van der Waals surface area contributed by atoms with Crippen molar-refractivity contribution in [2.24, 2.45) is 0 Å². The summed E-state index contributed by atoms with van der Waals surface area (Å²) in [6.07, 6.45) is 3.96. The highest BCUT2D eigenvalue weighted by atomic mass is 16.5. The minimum absolute atomic E-state index is 0.124. The Morgan fingerprint density at radius 3 is 2.95 bits per heavy atom. The third-order valence-corrected chi connectivity index (χ3v) is 3.22. The van der Waals surface area contributed by atoms with E-state index in [9.17, 15) is 0 Å². The number of nitrogens with one attached hydrogen (secondary N) is 1. The zero-order chi connectivity index (χ0) is 13.7. The minimum atomic E-state index is 0.124. The highest BCUT2D eigenvalue weighted by Crippen LogP contribution is 2.30. The lowest BCUT2D eigenvalue weighted by atomic mass is 10.1. The molecule has 1 aromatic rings. The van der Waals surface area contributed by atoms with Crippen LogP contribution in [0.5, 0.6) is 5.75 Å². The van der Waals surface area contributed by atoms with Crippen molar-refractivity contribution >= 4 is 11.4 Å². The fraction of sp³-hybridized carbons (Fsp3) is 0.600. The molecule has 1 aliphatic heterocycles. The van der Waals surface area contributed by atoms with Gasteiger partial charge < -0.3 is 20.5 Å². The maximum Gasteiger partial charge on any atom is 0.144 e. The highest BCUT2D eigenvalue weighted by molar-refractivity contribution is 5.72. The Kier molecular flexibility index (Phi) is 4.91. The summed E-state index contributed by atoms with van der Waals surface area (Å²) >= 11 is 0. The number of rotatable bonds is 5. The lowest BCUT2D eigenvalue weighted by Gasteiger charge is -2.24. The van der Waals surface area contributed by atoms with Crippen molar-refractivity contribution < 1.29 is 9.47 Å². The summed E-state index contributed by atoms with van der Waals surface area (Å²) in [7, 11) is 0. The first kappa shape index (κ1) is 14.0. The topological polar surface area (TPSA) is 56.5 Å². The molecule has 4 nitrogen and oxygen atoms in total. The number of hydrogen-bond acceptors (Lipinski definition) is 4. The largest absolute Gasteiger partial charge is 0.489 e. The van der Waals surface area contributed by atoms with E-state index in [2.05, 4.69) is 5.32 Å². The van der Waals surface area contributed by atoms with E-state index in [4.69, 9.17) is 15.2 Å². The maximum atomic E-state index is 6.12. The first-order valence-corrected chi connectivity index (χ1v) is 7.07. The minimum Gasteiger partial charge on any atom is -0.489 e. The number of benzene rings is 1. The third-order valence-electron chi connectivity index (χ3n) is 3.22. The van der Waals surface area contributed by atoms with Gasteiger partial charge in [-0.3, -0.25) is 0 Å². The van der Waals surface area contributed by atoms with Gasteiger partial charge in [-0.1, -0.05) is 6.07 Å². The van der Waals surface area contributed by atoms with E-state index in [1.165, 1.54) is 12.8 Å². The van der Waals surface area contributed by atoms with Gasteiger partial charge in [0.25, 0.3) is 0 Å².